The van der Waals surface area contributed by atoms with Crippen LogP contribution in [0.25, 0.3) is 0 Å². The number of fused-ring (bicyclic) bond motifs is 1. The molecular formula is C22H31N3O3. The van der Waals surface area contributed by atoms with E-state index >= 15 is 0 Å². The number of benzene rings is 1. The van der Waals surface area contributed by atoms with Crippen LogP contribution in [0.4, 0.5) is 4.79 Å². The number of hydrogen-bond acceptors (Lipinski definition) is 3. The highest BCUT2D eigenvalue weighted by atomic mass is 16.2. The molecule has 2 aliphatic rings. The van der Waals surface area contributed by atoms with Crippen molar-refractivity contribution in [2.75, 3.05) is 13.6 Å². The molecule has 4 amide bonds. The second-order valence-corrected chi connectivity index (χ2v) is 7.98. The summed E-state index contributed by atoms with van der Waals surface area (Å²) in [7, 11) is 1.83. The quantitative estimate of drug-likeness (QED) is 0.698. The van der Waals surface area contributed by atoms with E-state index < -0.39 is 0 Å². The molecule has 152 valence electrons. The number of rotatable bonds is 8. The lowest BCUT2D eigenvalue weighted by atomic mass is 9.82. The van der Waals surface area contributed by atoms with Crippen molar-refractivity contribution in [2.45, 2.75) is 64.0 Å². The minimum Gasteiger partial charge on any atom is -0.341 e. The van der Waals surface area contributed by atoms with Crippen molar-refractivity contribution in [1.29, 1.82) is 0 Å². The molecule has 0 bridgehead atoms. The smallest absolute Gasteiger partial charge is 0.324 e. The molecule has 6 nitrogen and oxygen atoms in total. The Morgan fingerprint density at radius 2 is 1.86 bits per heavy atom. The van der Waals surface area contributed by atoms with E-state index in [1.807, 2.05) is 37.4 Å². The number of urea groups is 1. The first-order valence-corrected chi connectivity index (χ1v) is 10.5. The maximum atomic E-state index is 12.6. The zero-order valence-corrected chi connectivity index (χ0v) is 16.7. The van der Waals surface area contributed by atoms with Crippen molar-refractivity contribution in [3.63, 3.8) is 0 Å². The molecule has 1 saturated carbocycles. The number of imide groups is 1. The van der Waals surface area contributed by atoms with Gasteiger partial charge in [0.1, 0.15) is 0 Å². The molecule has 2 unspecified atom stereocenters. The van der Waals surface area contributed by atoms with Gasteiger partial charge in [-0.05, 0) is 31.2 Å². The zero-order chi connectivity index (χ0) is 19.9. The van der Waals surface area contributed by atoms with Gasteiger partial charge in [0.2, 0.25) is 11.8 Å². The van der Waals surface area contributed by atoms with E-state index in [9.17, 15) is 14.4 Å². The normalized spacial score (nSPS) is 21.8. The van der Waals surface area contributed by atoms with Crippen LogP contribution in [-0.2, 0) is 16.1 Å². The first-order valence-electron chi connectivity index (χ1n) is 10.5. The summed E-state index contributed by atoms with van der Waals surface area (Å²) in [6.07, 6.45) is 6.78. The first kappa shape index (κ1) is 20.4. The van der Waals surface area contributed by atoms with Crippen LogP contribution in [0, 0.1) is 5.92 Å². The third-order valence-electron chi connectivity index (χ3n) is 5.86. The van der Waals surface area contributed by atoms with Gasteiger partial charge in [-0.25, -0.2) is 4.79 Å². The monoisotopic (exact) mass is 385 g/mol. The van der Waals surface area contributed by atoms with E-state index in [0.717, 1.165) is 50.5 Å². The number of nitrogens with one attached hydrogen (secondary N) is 1. The lowest BCUT2D eigenvalue weighted by molar-refractivity contribution is -0.136. The Bertz CT molecular complexity index is 692. The predicted octanol–water partition coefficient (Wildman–Crippen LogP) is 3.32. The SMILES string of the molecule is CN(Cc1ccccc1)C(=O)CCCCCN1C(=O)NC2CCCCC2C1=O. The van der Waals surface area contributed by atoms with Gasteiger partial charge < -0.3 is 10.2 Å². The highest BCUT2D eigenvalue weighted by molar-refractivity contribution is 5.98. The first-order chi connectivity index (χ1) is 13.6. The largest absolute Gasteiger partial charge is 0.341 e. The van der Waals surface area contributed by atoms with E-state index in [4.69, 9.17) is 0 Å². The van der Waals surface area contributed by atoms with Crippen LogP contribution in [0.2, 0.25) is 0 Å². The molecular weight excluding hydrogens is 354 g/mol. The number of carbonyl (C=O) groups is 3. The Morgan fingerprint density at radius 1 is 1.11 bits per heavy atom. The van der Waals surface area contributed by atoms with E-state index in [2.05, 4.69) is 5.32 Å². The van der Waals surface area contributed by atoms with Gasteiger partial charge in [-0.3, -0.25) is 14.5 Å². The van der Waals surface area contributed by atoms with Crippen LogP contribution < -0.4 is 5.32 Å². The molecule has 3 rings (SSSR count). The van der Waals surface area contributed by atoms with Crippen LogP contribution in [-0.4, -0.2) is 47.3 Å². The van der Waals surface area contributed by atoms with E-state index in [0.29, 0.717) is 19.5 Å². The van der Waals surface area contributed by atoms with E-state index in [1.165, 1.54) is 4.90 Å². The number of hydrogen-bond donors (Lipinski definition) is 1. The van der Waals surface area contributed by atoms with Crippen LogP contribution in [0.3, 0.4) is 0 Å². The van der Waals surface area contributed by atoms with Crippen LogP contribution in [0.5, 0.6) is 0 Å². The second kappa shape index (κ2) is 9.71. The van der Waals surface area contributed by atoms with Crippen LogP contribution in [0.1, 0.15) is 56.9 Å². The fourth-order valence-electron chi connectivity index (χ4n) is 4.21. The molecule has 1 aliphatic heterocycles. The van der Waals surface area contributed by atoms with Gasteiger partial charge in [-0.15, -0.1) is 0 Å². The van der Waals surface area contributed by atoms with Gasteiger partial charge in [-0.1, -0.05) is 49.6 Å². The molecule has 1 saturated heterocycles. The van der Waals surface area contributed by atoms with Gasteiger partial charge in [0, 0.05) is 32.6 Å². The summed E-state index contributed by atoms with van der Waals surface area (Å²) < 4.78 is 0. The number of nitrogens with zero attached hydrogens (tertiary/aromatic N) is 2. The van der Waals surface area contributed by atoms with Crippen molar-refractivity contribution in [3.05, 3.63) is 35.9 Å². The van der Waals surface area contributed by atoms with Crippen molar-refractivity contribution in [2.24, 2.45) is 5.92 Å². The lowest BCUT2D eigenvalue weighted by Crippen LogP contribution is -2.60. The summed E-state index contributed by atoms with van der Waals surface area (Å²) >= 11 is 0. The van der Waals surface area contributed by atoms with Crippen molar-refractivity contribution in [1.82, 2.24) is 15.1 Å². The molecule has 0 spiro atoms. The van der Waals surface area contributed by atoms with Gasteiger partial charge >= 0.3 is 6.03 Å². The average Bonchev–Trinajstić information content (AvgIpc) is 2.70. The van der Waals surface area contributed by atoms with Gasteiger partial charge in [0.05, 0.1) is 5.92 Å². The molecule has 6 heteroatoms. The molecule has 1 aromatic carbocycles. The van der Waals surface area contributed by atoms with E-state index in [1.54, 1.807) is 4.90 Å². The predicted molar refractivity (Wildman–Crippen MR) is 107 cm³/mol. The molecule has 2 fully saturated rings. The van der Waals surface area contributed by atoms with Crippen LogP contribution >= 0.6 is 0 Å². The number of carbonyl (C=O) groups excluding carboxylic acids is 3. The average molecular weight is 386 g/mol. The summed E-state index contributed by atoms with van der Waals surface area (Å²) in [6.45, 7) is 1.06. The number of amides is 4. The molecule has 0 aromatic heterocycles. The molecule has 0 radical (unpaired) electrons. The lowest BCUT2D eigenvalue weighted by Gasteiger charge is -2.40. The minimum atomic E-state index is -0.244. The highest BCUT2D eigenvalue weighted by Crippen LogP contribution is 2.29. The summed E-state index contributed by atoms with van der Waals surface area (Å²) in [5.74, 6) is 0.0764. The summed E-state index contributed by atoms with van der Waals surface area (Å²) in [6, 6.07) is 9.73. The summed E-state index contributed by atoms with van der Waals surface area (Å²) in [5.41, 5.74) is 1.12. The van der Waals surface area contributed by atoms with Crippen molar-refractivity contribution >= 4 is 17.8 Å². The Balaban J connectivity index is 1.35. The molecule has 1 heterocycles. The fourth-order valence-corrected chi connectivity index (χ4v) is 4.21. The van der Waals surface area contributed by atoms with Crippen LogP contribution in [0.15, 0.2) is 30.3 Å². The number of unbranched alkanes of at least 4 members (excludes halogenated alkanes) is 2. The highest BCUT2D eigenvalue weighted by Gasteiger charge is 2.41. The Hall–Kier alpha value is -2.37. The molecule has 1 aliphatic carbocycles. The minimum absolute atomic E-state index is 0.00730. The topological polar surface area (TPSA) is 69.7 Å². The van der Waals surface area contributed by atoms with Crippen molar-refractivity contribution in [3.8, 4) is 0 Å². The van der Waals surface area contributed by atoms with Gasteiger partial charge in [-0.2, -0.15) is 0 Å². The fraction of sp³-hybridized carbons (Fsp3) is 0.591. The van der Waals surface area contributed by atoms with Gasteiger partial charge in [0.15, 0.2) is 0 Å². The summed E-state index contributed by atoms with van der Waals surface area (Å²) in [4.78, 5) is 40.2. The van der Waals surface area contributed by atoms with E-state index in [-0.39, 0.29) is 29.8 Å². The third kappa shape index (κ3) is 5.12. The summed E-state index contributed by atoms with van der Waals surface area (Å²) in [5, 5.41) is 3.00. The second-order valence-electron chi connectivity index (χ2n) is 7.98. The standard InChI is InChI=1S/C22H31N3O3/c1-24(16-17-10-4-2-5-11-17)20(26)14-6-3-9-15-25-21(27)18-12-7-8-13-19(18)23-22(25)28/h2,4-5,10-11,18-19H,3,6-9,12-16H2,1H3,(H,23,28). The molecule has 1 aromatic rings. The Morgan fingerprint density at radius 3 is 2.64 bits per heavy atom. The maximum Gasteiger partial charge on any atom is 0.324 e. The zero-order valence-electron chi connectivity index (χ0n) is 16.7. The molecule has 28 heavy (non-hydrogen) atoms. The van der Waals surface area contributed by atoms with Crippen molar-refractivity contribution < 1.29 is 14.4 Å². The Labute approximate surface area is 167 Å². The third-order valence-corrected chi connectivity index (χ3v) is 5.86. The van der Waals surface area contributed by atoms with Gasteiger partial charge in [0.25, 0.3) is 0 Å². The molecule has 2 atom stereocenters. The molecule has 1 N–H and O–H groups in total. The maximum absolute atomic E-state index is 12.6. The Kier molecular flexibility index (Phi) is 7.06.